The fraction of sp³-hybridized carbons (Fsp3) is 0.464. The molecule has 0 spiro atoms. The van der Waals surface area contributed by atoms with Crippen molar-refractivity contribution in [1.82, 2.24) is 9.91 Å². The molecule has 1 fully saturated rings. The molecule has 0 aliphatic carbocycles. The SMILES string of the molecule is CCOC(=O)C1CCN(CC(=O)N2N=C(c3ccc(OC)cc3OC)C[C@H]2c2ccccc2OC)CC1. The van der Waals surface area contributed by atoms with Crippen LogP contribution in [-0.4, -0.2) is 75.1 Å². The van der Waals surface area contributed by atoms with Gasteiger partial charge in [0.05, 0.1) is 52.2 Å². The summed E-state index contributed by atoms with van der Waals surface area (Å²) in [6.45, 7) is 3.74. The lowest BCUT2D eigenvalue weighted by Crippen LogP contribution is -2.43. The lowest BCUT2D eigenvalue weighted by molar-refractivity contribution is -0.149. The molecule has 0 saturated carbocycles. The topological polar surface area (TPSA) is 89.9 Å². The highest BCUT2D eigenvalue weighted by molar-refractivity contribution is 6.05. The summed E-state index contributed by atoms with van der Waals surface area (Å²) in [5, 5.41) is 6.39. The van der Waals surface area contributed by atoms with Crippen molar-refractivity contribution >= 4 is 17.6 Å². The molecule has 0 bridgehead atoms. The highest BCUT2D eigenvalue weighted by Gasteiger charge is 2.37. The van der Waals surface area contributed by atoms with Gasteiger partial charge in [-0.3, -0.25) is 14.5 Å². The van der Waals surface area contributed by atoms with E-state index in [1.54, 1.807) is 26.3 Å². The Labute approximate surface area is 217 Å². The minimum Gasteiger partial charge on any atom is -0.497 e. The molecule has 2 aliphatic rings. The summed E-state index contributed by atoms with van der Waals surface area (Å²) in [6.07, 6.45) is 1.87. The molecule has 1 atom stereocenters. The minimum absolute atomic E-state index is 0.104. The average Bonchev–Trinajstić information content (AvgIpc) is 3.38. The van der Waals surface area contributed by atoms with Crippen molar-refractivity contribution in [1.29, 1.82) is 0 Å². The Kier molecular flexibility index (Phi) is 8.66. The standard InChI is InChI=1S/C28H35N3O6/c1-5-37-28(33)19-12-14-30(15-13-19)18-27(32)31-24(22-8-6-7-9-25(22)35-3)17-23(29-31)21-11-10-20(34-2)16-26(21)36-4/h6-11,16,19,24H,5,12-15,17-18H2,1-4H3/t24-/m0/s1. The van der Waals surface area contributed by atoms with E-state index < -0.39 is 0 Å². The number of para-hydroxylation sites is 1. The smallest absolute Gasteiger partial charge is 0.309 e. The monoisotopic (exact) mass is 509 g/mol. The average molecular weight is 510 g/mol. The van der Waals surface area contributed by atoms with Gasteiger partial charge in [0.15, 0.2) is 0 Å². The molecular weight excluding hydrogens is 474 g/mol. The van der Waals surface area contributed by atoms with Gasteiger partial charge in [-0.15, -0.1) is 0 Å². The Morgan fingerprint density at radius 1 is 0.973 bits per heavy atom. The van der Waals surface area contributed by atoms with Crippen LogP contribution in [0.2, 0.25) is 0 Å². The number of nitrogens with zero attached hydrogens (tertiary/aromatic N) is 3. The maximum Gasteiger partial charge on any atom is 0.309 e. The summed E-state index contributed by atoms with van der Waals surface area (Å²) in [5.74, 6) is 1.66. The van der Waals surface area contributed by atoms with E-state index in [0.717, 1.165) is 16.8 Å². The maximum absolute atomic E-state index is 13.6. The van der Waals surface area contributed by atoms with Gasteiger partial charge in [-0.05, 0) is 51.1 Å². The lowest BCUT2D eigenvalue weighted by Gasteiger charge is -2.32. The van der Waals surface area contributed by atoms with Gasteiger partial charge < -0.3 is 18.9 Å². The first-order valence-electron chi connectivity index (χ1n) is 12.6. The van der Waals surface area contributed by atoms with Gasteiger partial charge in [-0.1, -0.05) is 18.2 Å². The molecule has 1 saturated heterocycles. The molecule has 0 unspecified atom stereocenters. The number of rotatable bonds is 9. The molecule has 1 amide bonds. The van der Waals surface area contributed by atoms with Gasteiger partial charge in [0.25, 0.3) is 5.91 Å². The van der Waals surface area contributed by atoms with E-state index in [1.165, 1.54) is 0 Å². The second-order valence-electron chi connectivity index (χ2n) is 9.12. The van der Waals surface area contributed by atoms with Crippen molar-refractivity contribution in [3.63, 3.8) is 0 Å². The Balaban J connectivity index is 1.57. The number of piperidine rings is 1. The molecule has 2 aromatic carbocycles. The van der Waals surface area contributed by atoms with E-state index in [2.05, 4.69) is 4.90 Å². The molecule has 0 radical (unpaired) electrons. The number of hydrogen-bond donors (Lipinski definition) is 0. The summed E-state index contributed by atoms with van der Waals surface area (Å²) in [6, 6.07) is 13.0. The van der Waals surface area contributed by atoms with E-state index in [9.17, 15) is 9.59 Å². The van der Waals surface area contributed by atoms with Crippen molar-refractivity contribution in [3.8, 4) is 17.2 Å². The first-order valence-corrected chi connectivity index (χ1v) is 12.6. The second-order valence-corrected chi connectivity index (χ2v) is 9.12. The van der Waals surface area contributed by atoms with Crippen LogP contribution < -0.4 is 14.2 Å². The van der Waals surface area contributed by atoms with Crippen LogP contribution >= 0.6 is 0 Å². The Hall–Kier alpha value is -3.59. The predicted octanol–water partition coefficient (Wildman–Crippen LogP) is 3.67. The molecule has 0 aromatic heterocycles. The summed E-state index contributed by atoms with van der Waals surface area (Å²) < 4.78 is 21.7. The number of carbonyl (C=O) groups excluding carboxylic acids is 2. The van der Waals surface area contributed by atoms with Crippen molar-refractivity contribution in [2.24, 2.45) is 11.0 Å². The molecule has 2 heterocycles. The summed E-state index contributed by atoms with van der Waals surface area (Å²) >= 11 is 0. The number of hydrazone groups is 1. The first-order chi connectivity index (χ1) is 18.0. The van der Waals surface area contributed by atoms with Gasteiger partial charge in [-0.2, -0.15) is 5.10 Å². The van der Waals surface area contributed by atoms with Gasteiger partial charge >= 0.3 is 5.97 Å². The third-order valence-electron chi connectivity index (χ3n) is 6.95. The zero-order valence-corrected chi connectivity index (χ0v) is 21.9. The van der Waals surface area contributed by atoms with Crippen LogP contribution in [0.5, 0.6) is 17.2 Å². The number of ether oxygens (including phenoxy) is 4. The van der Waals surface area contributed by atoms with Crippen LogP contribution in [0.25, 0.3) is 0 Å². The van der Waals surface area contributed by atoms with Crippen molar-refractivity contribution in [3.05, 3.63) is 53.6 Å². The highest BCUT2D eigenvalue weighted by Crippen LogP contribution is 2.39. The van der Waals surface area contributed by atoms with Crippen molar-refractivity contribution < 1.29 is 28.5 Å². The van der Waals surface area contributed by atoms with E-state index in [4.69, 9.17) is 24.0 Å². The normalized spacial score (nSPS) is 18.3. The number of esters is 1. The number of benzene rings is 2. The summed E-state index contributed by atoms with van der Waals surface area (Å²) in [7, 11) is 4.84. The summed E-state index contributed by atoms with van der Waals surface area (Å²) in [5.41, 5.74) is 2.46. The van der Waals surface area contributed by atoms with E-state index in [0.29, 0.717) is 56.2 Å². The van der Waals surface area contributed by atoms with Gasteiger partial charge in [0.1, 0.15) is 17.2 Å². The van der Waals surface area contributed by atoms with E-state index >= 15 is 0 Å². The molecule has 0 N–H and O–H groups in total. The molecule has 2 aromatic rings. The van der Waals surface area contributed by atoms with Gasteiger partial charge in [0, 0.05) is 23.6 Å². The van der Waals surface area contributed by atoms with Crippen LogP contribution in [0.3, 0.4) is 0 Å². The third kappa shape index (κ3) is 5.88. The van der Waals surface area contributed by atoms with E-state index in [1.807, 2.05) is 49.4 Å². The lowest BCUT2D eigenvalue weighted by atomic mass is 9.96. The van der Waals surface area contributed by atoms with Crippen LogP contribution in [-0.2, 0) is 14.3 Å². The zero-order chi connectivity index (χ0) is 26.4. The maximum atomic E-state index is 13.6. The largest absolute Gasteiger partial charge is 0.497 e. The fourth-order valence-corrected chi connectivity index (χ4v) is 4.97. The van der Waals surface area contributed by atoms with Crippen molar-refractivity contribution in [2.75, 3.05) is 47.6 Å². The summed E-state index contributed by atoms with van der Waals surface area (Å²) in [4.78, 5) is 27.8. The van der Waals surface area contributed by atoms with Crippen LogP contribution in [0, 0.1) is 5.92 Å². The van der Waals surface area contributed by atoms with Crippen LogP contribution in [0.1, 0.15) is 43.4 Å². The highest BCUT2D eigenvalue weighted by atomic mass is 16.5. The Bertz CT molecular complexity index is 1140. The number of amides is 1. The first kappa shape index (κ1) is 26.5. The van der Waals surface area contributed by atoms with Crippen LogP contribution in [0.15, 0.2) is 47.6 Å². The molecule has 9 heteroatoms. The Morgan fingerprint density at radius 2 is 1.70 bits per heavy atom. The quantitative estimate of drug-likeness (QED) is 0.477. The van der Waals surface area contributed by atoms with Crippen LogP contribution in [0.4, 0.5) is 0 Å². The third-order valence-corrected chi connectivity index (χ3v) is 6.95. The minimum atomic E-state index is -0.317. The molecule has 4 rings (SSSR count). The predicted molar refractivity (Wildman–Crippen MR) is 139 cm³/mol. The molecule has 9 nitrogen and oxygen atoms in total. The number of hydrogen-bond acceptors (Lipinski definition) is 8. The number of methoxy groups -OCH3 is 3. The van der Waals surface area contributed by atoms with E-state index in [-0.39, 0.29) is 30.4 Å². The van der Waals surface area contributed by atoms with Gasteiger partial charge in [0.2, 0.25) is 0 Å². The molecule has 37 heavy (non-hydrogen) atoms. The second kappa shape index (κ2) is 12.1. The fourth-order valence-electron chi connectivity index (χ4n) is 4.97. The molecular formula is C28H35N3O6. The number of likely N-dealkylation sites (tertiary alicyclic amines) is 1. The van der Waals surface area contributed by atoms with Gasteiger partial charge in [-0.25, -0.2) is 5.01 Å². The Morgan fingerprint density at radius 3 is 2.38 bits per heavy atom. The number of carbonyl (C=O) groups is 2. The zero-order valence-electron chi connectivity index (χ0n) is 21.9. The molecule has 198 valence electrons. The van der Waals surface area contributed by atoms with Crippen molar-refractivity contribution in [2.45, 2.75) is 32.2 Å². The molecule has 2 aliphatic heterocycles.